The fourth-order valence-electron chi connectivity index (χ4n) is 0.433. The third-order valence-corrected chi connectivity index (χ3v) is 1.97. The summed E-state index contributed by atoms with van der Waals surface area (Å²) in [6.45, 7) is 0.299. The second-order valence-electron chi connectivity index (χ2n) is 1.77. The summed E-state index contributed by atoms with van der Waals surface area (Å²) in [4.78, 5) is 10.1. The fraction of sp³-hybridized carbons (Fsp3) is 0.750. The molecular weight excluding hydrogens is 200 g/mol. The van der Waals surface area contributed by atoms with E-state index in [2.05, 4.69) is 13.6 Å². The third kappa shape index (κ3) is 2.58. The second-order valence-corrected chi connectivity index (χ2v) is 2.91. The highest BCUT2D eigenvalue weighted by molar-refractivity contribution is 7.42. The molecule has 0 aromatic carbocycles. The summed E-state index contributed by atoms with van der Waals surface area (Å²) < 4.78 is 47.5. The summed E-state index contributed by atoms with van der Waals surface area (Å²) in [5.74, 6) is -2.28. The molecule has 0 spiro atoms. The van der Waals surface area contributed by atoms with Crippen LogP contribution < -0.4 is 0 Å². The summed E-state index contributed by atoms with van der Waals surface area (Å²) in [5.41, 5.74) is 0. The van der Waals surface area contributed by atoms with Crippen molar-refractivity contribution in [2.24, 2.45) is 0 Å². The van der Waals surface area contributed by atoms with E-state index in [1.807, 2.05) is 0 Å². The highest BCUT2D eigenvalue weighted by Crippen LogP contribution is 2.44. The molecule has 1 fully saturated rings. The Labute approximate surface area is 66.6 Å². The van der Waals surface area contributed by atoms with Crippen LogP contribution in [0.25, 0.3) is 0 Å². The second kappa shape index (κ2) is 3.55. The molecule has 12 heavy (non-hydrogen) atoms. The smallest absolute Gasteiger partial charge is 0.387 e. The predicted octanol–water partition coefficient (Wildman–Crippen LogP) is 1.37. The van der Waals surface area contributed by atoms with Crippen LogP contribution in [0.3, 0.4) is 0 Å². The maximum atomic E-state index is 11.5. The Morgan fingerprint density at radius 3 is 2.25 bits per heavy atom. The zero-order chi connectivity index (χ0) is 9.19. The molecule has 0 radical (unpaired) electrons. The van der Waals surface area contributed by atoms with Gasteiger partial charge in [-0.2, -0.15) is 13.2 Å². The molecule has 0 unspecified atom stereocenters. The van der Waals surface area contributed by atoms with Crippen LogP contribution in [0.15, 0.2) is 0 Å². The minimum absolute atomic E-state index is 0.150. The summed E-state index contributed by atoms with van der Waals surface area (Å²) in [6, 6.07) is 0. The monoisotopic (exact) mass is 204 g/mol. The van der Waals surface area contributed by atoms with E-state index < -0.39 is 20.7 Å². The van der Waals surface area contributed by atoms with Gasteiger partial charge in [-0.1, -0.05) is 0 Å². The number of halogens is 3. The van der Waals surface area contributed by atoms with Crippen molar-refractivity contribution in [3.05, 3.63) is 0 Å². The lowest BCUT2D eigenvalue weighted by Gasteiger charge is -2.08. The Bertz CT molecular complexity index is 176. The van der Waals surface area contributed by atoms with Crippen LogP contribution in [0.4, 0.5) is 13.2 Å². The SMILES string of the molecule is O=C(OP1OCCO1)C(F)(F)F. The normalized spacial score (nSPS) is 19.6. The van der Waals surface area contributed by atoms with Gasteiger partial charge in [-0.3, -0.25) is 9.05 Å². The van der Waals surface area contributed by atoms with Crippen molar-refractivity contribution in [1.82, 2.24) is 0 Å². The van der Waals surface area contributed by atoms with Crippen LogP contribution in [0, 0.1) is 0 Å². The first kappa shape index (κ1) is 9.70. The van der Waals surface area contributed by atoms with Gasteiger partial charge in [-0.05, 0) is 0 Å². The molecule has 1 rings (SSSR count). The van der Waals surface area contributed by atoms with E-state index in [1.54, 1.807) is 0 Å². The average Bonchev–Trinajstić information content (AvgIpc) is 2.37. The van der Waals surface area contributed by atoms with Crippen molar-refractivity contribution >= 4 is 14.6 Å². The minimum atomic E-state index is -4.99. The lowest BCUT2D eigenvalue weighted by atomic mass is 10.7. The molecule has 0 aromatic rings. The lowest BCUT2D eigenvalue weighted by molar-refractivity contribution is -0.190. The molecule has 0 N–H and O–H groups in total. The van der Waals surface area contributed by atoms with Gasteiger partial charge in [-0.25, -0.2) is 4.79 Å². The van der Waals surface area contributed by atoms with Crippen LogP contribution in [0.5, 0.6) is 0 Å². The predicted molar refractivity (Wildman–Crippen MR) is 31.0 cm³/mol. The highest BCUT2D eigenvalue weighted by atomic mass is 31.2. The van der Waals surface area contributed by atoms with Crippen molar-refractivity contribution < 1.29 is 31.5 Å². The Morgan fingerprint density at radius 1 is 1.33 bits per heavy atom. The summed E-state index contributed by atoms with van der Waals surface area (Å²) >= 11 is 0. The van der Waals surface area contributed by atoms with Gasteiger partial charge in [0.2, 0.25) is 0 Å². The van der Waals surface area contributed by atoms with Gasteiger partial charge < -0.3 is 4.52 Å². The summed E-state index contributed by atoms with van der Waals surface area (Å²) in [6.07, 6.45) is -4.99. The molecule has 1 aliphatic heterocycles. The molecule has 0 amide bonds. The number of carbonyl (C=O) groups excluding carboxylic acids is 1. The molecule has 0 bridgehead atoms. The van der Waals surface area contributed by atoms with E-state index in [1.165, 1.54) is 0 Å². The van der Waals surface area contributed by atoms with E-state index in [9.17, 15) is 18.0 Å². The van der Waals surface area contributed by atoms with Gasteiger partial charge in [0.15, 0.2) is 0 Å². The first-order chi connectivity index (χ1) is 5.50. The number of carbonyl (C=O) groups is 1. The van der Waals surface area contributed by atoms with Gasteiger partial charge >= 0.3 is 20.7 Å². The molecule has 8 heteroatoms. The average molecular weight is 204 g/mol. The van der Waals surface area contributed by atoms with Gasteiger partial charge in [0.05, 0.1) is 13.2 Å². The van der Waals surface area contributed by atoms with Crippen LogP contribution in [0.2, 0.25) is 0 Å². The van der Waals surface area contributed by atoms with Crippen LogP contribution in [0.1, 0.15) is 0 Å². The molecule has 1 aliphatic rings. The van der Waals surface area contributed by atoms with Gasteiger partial charge in [0.1, 0.15) is 0 Å². The van der Waals surface area contributed by atoms with E-state index in [0.29, 0.717) is 0 Å². The van der Waals surface area contributed by atoms with Crippen molar-refractivity contribution in [3.63, 3.8) is 0 Å². The topological polar surface area (TPSA) is 44.8 Å². The zero-order valence-corrected chi connectivity index (χ0v) is 6.52. The maximum Gasteiger partial charge on any atom is 0.491 e. The summed E-state index contributed by atoms with van der Waals surface area (Å²) in [7, 11) is -2.12. The Kier molecular flexibility index (Phi) is 2.87. The van der Waals surface area contributed by atoms with Crippen LogP contribution in [-0.2, 0) is 18.4 Å². The van der Waals surface area contributed by atoms with Crippen molar-refractivity contribution in [2.45, 2.75) is 6.18 Å². The number of alkyl halides is 3. The number of rotatable bonds is 1. The zero-order valence-electron chi connectivity index (χ0n) is 5.63. The molecule has 0 aliphatic carbocycles. The van der Waals surface area contributed by atoms with E-state index >= 15 is 0 Å². The summed E-state index contributed by atoms with van der Waals surface area (Å²) in [5, 5.41) is 0. The Morgan fingerprint density at radius 2 is 1.83 bits per heavy atom. The molecule has 1 heterocycles. The Balaban J connectivity index is 2.35. The van der Waals surface area contributed by atoms with Gasteiger partial charge in [-0.15, -0.1) is 0 Å². The highest BCUT2D eigenvalue weighted by Gasteiger charge is 2.44. The minimum Gasteiger partial charge on any atom is -0.387 e. The number of hydrogen-bond donors (Lipinski definition) is 0. The van der Waals surface area contributed by atoms with Crippen molar-refractivity contribution in [1.29, 1.82) is 0 Å². The third-order valence-electron chi connectivity index (χ3n) is 0.866. The first-order valence-corrected chi connectivity index (χ1v) is 3.95. The molecule has 70 valence electrons. The molecule has 4 nitrogen and oxygen atoms in total. The molecule has 0 saturated carbocycles. The van der Waals surface area contributed by atoms with E-state index in [4.69, 9.17) is 0 Å². The molecular formula is C4H4F3O4P. The largest absolute Gasteiger partial charge is 0.491 e. The molecule has 0 aromatic heterocycles. The number of hydrogen-bond acceptors (Lipinski definition) is 4. The molecule has 0 atom stereocenters. The van der Waals surface area contributed by atoms with Crippen molar-refractivity contribution in [2.75, 3.05) is 13.2 Å². The van der Waals surface area contributed by atoms with Gasteiger partial charge in [0, 0.05) is 0 Å². The van der Waals surface area contributed by atoms with Crippen molar-refractivity contribution in [3.8, 4) is 0 Å². The maximum absolute atomic E-state index is 11.5. The fourth-order valence-corrected chi connectivity index (χ4v) is 1.30. The first-order valence-electron chi connectivity index (χ1n) is 2.85. The van der Waals surface area contributed by atoms with Gasteiger partial charge in [0.25, 0.3) is 0 Å². The standard InChI is InChI=1S/C4H4F3O4P/c5-4(6,7)3(8)11-12-9-1-2-10-12/h1-2H2. The Hall–Kier alpha value is -0.390. The van der Waals surface area contributed by atoms with E-state index in [0.717, 1.165) is 0 Å². The van der Waals surface area contributed by atoms with E-state index in [-0.39, 0.29) is 13.2 Å². The van der Waals surface area contributed by atoms with Crippen LogP contribution in [-0.4, -0.2) is 25.4 Å². The lowest BCUT2D eigenvalue weighted by Crippen LogP contribution is -2.23. The molecule has 1 saturated heterocycles. The quantitative estimate of drug-likeness (QED) is 0.605. The van der Waals surface area contributed by atoms with Crippen LogP contribution >= 0.6 is 8.60 Å².